The Labute approximate surface area is 138 Å². The molecule has 2 heteroatoms. The number of benzene rings is 1. The Morgan fingerprint density at radius 1 is 0.905 bits per heavy atom. The summed E-state index contributed by atoms with van der Waals surface area (Å²) in [5, 5.41) is 0. The molecule has 0 heterocycles. The number of rotatable bonds is 3. The molecule has 0 unspecified atom stereocenters. The van der Waals surface area contributed by atoms with Gasteiger partial charge in [0.25, 0.3) is 0 Å². The van der Waals surface area contributed by atoms with Gasteiger partial charge in [-0.15, -0.1) is 11.6 Å². The standard InChI is InChI=1S/C11H9.C8H12N.Fe/c1-2-6-10(7-3-1)11-8-4-5-9-11;1-9(2)7-8-5-3-4-6-8;/h1-9H;3-6H,7H2,1-2H3;/q-5;-1;. The molecule has 21 heavy (non-hydrogen) atoms. The van der Waals surface area contributed by atoms with Gasteiger partial charge in [-0.2, -0.15) is 24.3 Å². The minimum Gasteiger partial charge on any atom is -0.642 e. The van der Waals surface area contributed by atoms with E-state index in [0.717, 1.165) is 6.54 Å². The maximum atomic E-state index is 2.16. The molecule has 0 aliphatic rings. The summed E-state index contributed by atoms with van der Waals surface area (Å²) in [7, 11) is 4.15. The fourth-order valence-corrected chi connectivity index (χ4v) is 2.08. The van der Waals surface area contributed by atoms with Crippen LogP contribution in [-0.2, 0) is 23.6 Å². The van der Waals surface area contributed by atoms with E-state index in [4.69, 9.17) is 0 Å². The Kier molecular flexibility index (Phi) is 7.78. The van der Waals surface area contributed by atoms with Crippen LogP contribution < -0.4 is 0 Å². The monoisotopic (exact) mass is 319 g/mol. The van der Waals surface area contributed by atoms with Crippen LogP contribution in [0, 0.1) is 0 Å². The molecule has 0 N–H and O–H groups in total. The van der Waals surface area contributed by atoms with Crippen molar-refractivity contribution >= 4 is 0 Å². The van der Waals surface area contributed by atoms with Crippen molar-refractivity contribution in [1.82, 2.24) is 4.90 Å². The summed E-state index contributed by atoms with van der Waals surface area (Å²) in [6.07, 6.45) is 0. The molecule has 0 saturated carbocycles. The number of nitrogens with zero attached hydrogens (tertiary/aromatic N) is 1. The Bertz CT molecular complexity index is 565. The molecule has 0 aromatic heterocycles. The van der Waals surface area contributed by atoms with Gasteiger partial charge >= 0.3 is 0 Å². The summed E-state index contributed by atoms with van der Waals surface area (Å²) in [4.78, 5) is 2.16. The van der Waals surface area contributed by atoms with Gasteiger partial charge in [0.1, 0.15) is 0 Å². The molecule has 0 amide bonds. The van der Waals surface area contributed by atoms with Crippen LogP contribution >= 0.6 is 0 Å². The van der Waals surface area contributed by atoms with E-state index in [9.17, 15) is 0 Å². The smallest absolute Gasteiger partial charge is 0 e. The first kappa shape index (κ1) is 17.5. The first-order chi connectivity index (χ1) is 9.75. The van der Waals surface area contributed by atoms with Crippen LogP contribution in [0.3, 0.4) is 0 Å². The largest absolute Gasteiger partial charge is 0.642 e. The Morgan fingerprint density at radius 2 is 1.48 bits per heavy atom. The van der Waals surface area contributed by atoms with Crippen molar-refractivity contribution in [3.8, 4) is 11.1 Å². The molecule has 0 radical (unpaired) electrons. The average Bonchev–Trinajstić information content (AvgIpc) is 3.12. The molecule has 0 saturated heterocycles. The van der Waals surface area contributed by atoms with Crippen LogP contribution in [0.1, 0.15) is 5.56 Å². The van der Waals surface area contributed by atoms with Crippen molar-refractivity contribution in [3.05, 3.63) is 84.4 Å². The molecule has 3 aromatic rings. The van der Waals surface area contributed by atoms with Crippen LogP contribution in [0.4, 0.5) is 0 Å². The van der Waals surface area contributed by atoms with Crippen LogP contribution in [0.25, 0.3) is 11.1 Å². The Hall–Kier alpha value is -1.60. The first-order valence-corrected chi connectivity index (χ1v) is 6.88. The van der Waals surface area contributed by atoms with Crippen molar-refractivity contribution in [3.63, 3.8) is 0 Å². The van der Waals surface area contributed by atoms with Gasteiger partial charge in [-0.1, -0.05) is 0 Å². The van der Waals surface area contributed by atoms with Crippen molar-refractivity contribution in [2.75, 3.05) is 14.1 Å². The van der Waals surface area contributed by atoms with Crippen molar-refractivity contribution in [1.29, 1.82) is 0 Å². The topological polar surface area (TPSA) is 3.24 Å². The van der Waals surface area contributed by atoms with Gasteiger partial charge in [-0.3, -0.25) is 0 Å². The summed E-state index contributed by atoms with van der Waals surface area (Å²) in [5.74, 6) is 0. The zero-order valence-electron chi connectivity index (χ0n) is 12.5. The molecule has 1 nitrogen and oxygen atoms in total. The van der Waals surface area contributed by atoms with Gasteiger partial charge in [-0.05, 0) is 20.6 Å². The molecular weight excluding hydrogens is 298 g/mol. The third kappa shape index (κ3) is 6.14. The SMILES string of the molecule is CN(C)C[c-]1cccc1.[Fe].c1ccc(-[c-]2[cH-][cH-][cH-][cH-]2)cc1. The van der Waals surface area contributed by atoms with Crippen molar-refractivity contribution < 1.29 is 17.1 Å². The van der Waals surface area contributed by atoms with Gasteiger partial charge in [-0.25, -0.2) is 12.1 Å². The van der Waals surface area contributed by atoms with Crippen LogP contribution in [0.5, 0.6) is 0 Å². The molecule has 3 rings (SSSR count). The van der Waals surface area contributed by atoms with Crippen LogP contribution in [-0.4, -0.2) is 19.0 Å². The van der Waals surface area contributed by atoms with E-state index < -0.39 is 0 Å². The summed E-state index contributed by atoms with van der Waals surface area (Å²) in [5.41, 5.74) is 3.98. The Morgan fingerprint density at radius 3 is 2.00 bits per heavy atom. The molecular formula is C19H21FeN-6. The molecule has 116 valence electrons. The quantitative estimate of drug-likeness (QED) is 0.506. The zero-order chi connectivity index (χ0) is 14.2. The minimum atomic E-state index is 0. The molecule has 0 bridgehead atoms. The molecule has 0 aliphatic carbocycles. The predicted octanol–water partition coefficient (Wildman–Crippen LogP) is 4.54. The minimum absolute atomic E-state index is 0. The van der Waals surface area contributed by atoms with Crippen molar-refractivity contribution in [2.45, 2.75) is 6.54 Å². The van der Waals surface area contributed by atoms with Crippen molar-refractivity contribution in [2.24, 2.45) is 0 Å². The van der Waals surface area contributed by atoms with Gasteiger partial charge < -0.3 is 52.4 Å². The summed E-state index contributed by atoms with van der Waals surface area (Å²) in [6, 6.07) is 27.2. The van der Waals surface area contributed by atoms with Gasteiger partial charge in [0.05, 0.1) is 0 Å². The van der Waals surface area contributed by atoms with E-state index in [2.05, 4.69) is 91.8 Å². The second-order valence-electron chi connectivity index (χ2n) is 5.07. The predicted molar refractivity (Wildman–Crippen MR) is 86.9 cm³/mol. The fourth-order valence-electron chi connectivity index (χ4n) is 2.08. The zero-order valence-corrected chi connectivity index (χ0v) is 13.6. The Balaban J connectivity index is 0.000000205. The maximum absolute atomic E-state index is 2.16. The van der Waals surface area contributed by atoms with E-state index in [-0.39, 0.29) is 17.1 Å². The van der Waals surface area contributed by atoms with Gasteiger partial charge in [0.2, 0.25) is 0 Å². The molecule has 0 spiro atoms. The maximum Gasteiger partial charge on any atom is 0 e. The van der Waals surface area contributed by atoms with Gasteiger partial charge in [0.15, 0.2) is 0 Å². The fraction of sp³-hybridized carbons (Fsp3) is 0.158. The molecule has 0 fully saturated rings. The molecule has 3 aromatic carbocycles. The van der Waals surface area contributed by atoms with Crippen LogP contribution in [0.2, 0.25) is 0 Å². The summed E-state index contributed by atoms with van der Waals surface area (Å²) < 4.78 is 0. The molecule has 0 atom stereocenters. The van der Waals surface area contributed by atoms with Crippen LogP contribution in [0.15, 0.2) is 78.9 Å². The number of hydrogen-bond donors (Lipinski definition) is 0. The normalized spacial score (nSPS) is 9.67. The van der Waals surface area contributed by atoms with E-state index in [1.807, 2.05) is 6.07 Å². The first-order valence-electron chi connectivity index (χ1n) is 6.88. The molecule has 0 aliphatic heterocycles. The number of hydrogen-bond acceptors (Lipinski definition) is 1. The van der Waals surface area contributed by atoms with E-state index in [0.29, 0.717) is 0 Å². The summed E-state index contributed by atoms with van der Waals surface area (Å²) in [6.45, 7) is 1.05. The second kappa shape index (κ2) is 9.36. The van der Waals surface area contributed by atoms with E-state index in [1.165, 1.54) is 16.7 Å². The summed E-state index contributed by atoms with van der Waals surface area (Å²) >= 11 is 0. The van der Waals surface area contributed by atoms with E-state index >= 15 is 0 Å². The van der Waals surface area contributed by atoms with Gasteiger partial charge in [0, 0.05) is 17.1 Å². The third-order valence-corrected chi connectivity index (χ3v) is 3.00. The third-order valence-electron chi connectivity index (χ3n) is 3.00. The second-order valence-corrected chi connectivity index (χ2v) is 5.07. The van der Waals surface area contributed by atoms with E-state index in [1.54, 1.807) is 0 Å². The average molecular weight is 319 g/mol.